The summed E-state index contributed by atoms with van der Waals surface area (Å²) in [6.45, 7) is 3.07. The molecule has 0 atom stereocenters. The van der Waals surface area contributed by atoms with E-state index in [-0.39, 0.29) is 40.1 Å². The third-order valence-corrected chi connectivity index (χ3v) is 4.78. The number of phenols is 2. The van der Waals surface area contributed by atoms with E-state index in [2.05, 4.69) is 9.97 Å². The first-order valence-electron chi connectivity index (χ1n) is 12.2. The monoisotopic (exact) mass is 631 g/mol. The molecule has 0 bridgehead atoms. The summed E-state index contributed by atoms with van der Waals surface area (Å²) in [6.07, 6.45) is 11.1. The number of nitrogens with zero attached hydrogens (tertiary/aromatic N) is 2. The zero-order valence-electron chi connectivity index (χ0n) is 23.1. The van der Waals surface area contributed by atoms with Crippen LogP contribution in [0, 0.1) is 0 Å². The minimum absolute atomic E-state index is 0. The number of phenolic OH excluding ortho intramolecular Hbond substituents is 2. The van der Waals surface area contributed by atoms with Crippen LogP contribution in [0.4, 0.5) is 0 Å². The Balaban J connectivity index is 0.000000548. The Morgan fingerprint density at radius 1 is 0.558 bits per heavy atom. The van der Waals surface area contributed by atoms with Crippen LogP contribution < -0.4 is 10.2 Å². The van der Waals surface area contributed by atoms with Crippen LogP contribution in [0.1, 0.15) is 45.7 Å². The van der Waals surface area contributed by atoms with Gasteiger partial charge in [-0.15, -0.1) is 0 Å². The topological polar surface area (TPSA) is 181 Å². The van der Waals surface area contributed by atoms with E-state index in [1.54, 1.807) is 73.3 Å². The van der Waals surface area contributed by atoms with E-state index in [1.165, 1.54) is 50.3 Å². The van der Waals surface area contributed by atoms with Crippen LogP contribution in [0.3, 0.4) is 0 Å². The van der Waals surface area contributed by atoms with Crippen molar-refractivity contribution in [1.29, 1.82) is 0 Å². The van der Waals surface area contributed by atoms with E-state index in [0.717, 1.165) is 12.2 Å². The Bertz CT molecular complexity index is 1360. The maximum atomic E-state index is 10.6. The third-order valence-electron chi connectivity index (χ3n) is 4.78. The molecule has 11 heteroatoms. The molecule has 4 rings (SSSR count). The SMILES string of the molecule is CC(=O)c1ccncc1.CC(=O)c1ccncc1.O=C([O-])/C=C/c1ccc(O)cc1.O=C([O-])/C=C/c1ccc(O)cc1.[Cu+2]. The molecule has 0 aliphatic carbocycles. The van der Waals surface area contributed by atoms with Crippen LogP contribution in [0.5, 0.6) is 11.5 Å². The second-order valence-electron chi connectivity index (χ2n) is 8.07. The van der Waals surface area contributed by atoms with Gasteiger partial charge in [-0.05, 0) is 85.7 Å². The van der Waals surface area contributed by atoms with Crippen LogP contribution >= 0.6 is 0 Å². The number of carboxylic acid groups (broad SMARTS) is 2. The Labute approximate surface area is 259 Å². The molecule has 2 N–H and O–H groups in total. The van der Waals surface area contributed by atoms with Gasteiger partial charge in [-0.1, -0.05) is 36.4 Å². The molecule has 2 aromatic carbocycles. The maximum absolute atomic E-state index is 10.6. The van der Waals surface area contributed by atoms with Crippen LogP contribution in [-0.4, -0.2) is 43.7 Å². The molecule has 2 heterocycles. The Morgan fingerprint density at radius 3 is 1.05 bits per heavy atom. The zero-order valence-corrected chi connectivity index (χ0v) is 24.0. The van der Waals surface area contributed by atoms with Gasteiger partial charge in [0.05, 0.1) is 11.9 Å². The van der Waals surface area contributed by atoms with Crippen molar-refractivity contribution in [1.82, 2.24) is 9.97 Å². The van der Waals surface area contributed by atoms with E-state index in [4.69, 9.17) is 10.2 Å². The first-order chi connectivity index (χ1) is 20.0. The quantitative estimate of drug-likeness (QED) is 0.182. The normalized spacial score (nSPS) is 9.53. The minimum atomic E-state index is -1.23. The number of aromatic hydroxyl groups is 2. The van der Waals surface area contributed by atoms with Gasteiger partial charge < -0.3 is 30.0 Å². The number of hydrogen-bond donors (Lipinski definition) is 2. The zero-order chi connectivity index (χ0) is 31.3. The summed E-state index contributed by atoms with van der Waals surface area (Å²) in [5.74, 6) is -2.00. The average molecular weight is 632 g/mol. The largest absolute Gasteiger partial charge is 2.00 e. The van der Waals surface area contributed by atoms with Gasteiger partial charge in [0.1, 0.15) is 11.5 Å². The molecule has 10 nitrogen and oxygen atoms in total. The van der Waals surface area contributed by atoms with E-state index >= 15 is 0 Å². The average Bonchev–Trinajstić information content (AvgIpc) is 2.98. The maximum Gasteiger partial charge on any atom is 2.00 e. The molecule has 225 valence electrons. The summed E-state index contributed by atoms with van der Waals surface area (Å²) in [4.78, 5) is 48.8. The van der Waals surface area contributed by atoms with E-state index in [1.807, 2.05) is 0 Å². The molecule has 0 unspecified atom stereocenters. The van der Waals surface area contributed by atoms with Crippen molar-refractivity contribution in [3.8, 4) is 11.5 Å². The molecule has 0 spiro atoms. The molecule has 0 saturated carbocycles. The van der Waals surface area contributed by atoms with Gasteiger partial charge >= 0.3 is 17.1 Å². The van der Waals surface area contributed by atoms with Gasteiger partial charge in [0.2, 0.25) is 0 Å². The predicted octanol–water partition coefficient (Wildman–Crippen LogP) is 2.88. The number of rotatable bonds is 6. The second kappa shape index (κ2) is 21.4. The van der Waals surface area contributed by atoms with E-state index in [9.17, 15) is 29.4 Å². The van der Waals surface area contributed by atoms with Gasteiger partial charge in [0, 0.05) is 35.9 Å². The number of Topliss-reactive ketones (excluding diaryl/α,β-unsaturated/α-hetero) is 2. The van der Waals surface area contributed by atoms with Crippen molar-refractivity contribution in [2.45, 2.75) is 13.8 Å². The van der Waals surface area contributed by atoms with Gasteiger partial charge in [-0.2, -0.15) is 0 Å². The first kappa shape index (κ1) is 37.6. The fourth-order valence-corrected chi connectivity index (χ4v) is 2.67. The number of carbonyl (C=O) groups excluding carboxylic acids is 4. The van der Waals surface area contributed by atoms with E-state index < -0.39 is 11.9 Å². The number of hydrogen-bond acceptors (Lipinski definition) is 10. The van der Waals surface area contributed by atoms with Gasteiger partial charge in [0.15, 0.2) is 11.6 Å². The minimum Gasteiger partial charge on any atom is -0.545 e. The van der Waals surface area contributed by atoms with Crippen LogP contribution in [0.25, 0.3) is 12.2 Å². The van der Waals surface area contributed by atoms with Crippen molar-refractivity contribution in [3.05, 3.63) is 132 Å². The fraction of sp³-hybridized carbons (Fsp3) is 0.0625. The number of ketones is 2. The number of aliphatic carboxylic acids is 2. The Kier molecular flexibility index (Phi) is 18.7. The van der Waals surface area contributed by atoms with E-state index in [0.29, 0.717) is 22.3 Å². The number of pyridine rings is 2. The Morgan fingerprint density at radius 2 is 0.837 bits per heavy atom. The van der Waals surface area contributed by atoms with Crippen molar-refractivity contribution >= 4 is 35.7 Å². The molecule has 0 fully saturated rings. The van der Waals surface area contributed by atoms with Crippen molar-refractivity contribution in [2.24, 2.45) is 0 Å². The molecule has 2 aromatic heterocycles. The summed E-state index contributed by atoms with van der Waals surface area (Å²) < 4.78 is 0. The van der Waals surface area contributed by atoms with Gasteiger partial charge in [-0.3, -0.25) is 19.6 Å². The summed E-state index contributed by atoms with van der Waals surface area (Å²) >= 11 is 0. The molecule has 1 radical (unpaired) electrons. The van der Waals surface area contributed by atoms with Crippen LogP contribution in [0.15, 0.2) is 110 Å². The summed E-state index contributed by atoms with van der Waals surface area (Å²) in [7, 11) is 0. The van der Waals surface area contributed by atoms with Crippen molar-refractivity contribution in [3.63, 3.8) is 0 Å². The van der Waals surface area contributed by atoms with Gasteiger partial charge in [-0.25, -0.2) is 0 Å². The number of carbonyl (C=O) groups is 4. The third kappa shape index (κ3) is 18.6. The fourth-order valence-electron chi connectivity index (χ4n) is 2.67. The summed E-state index contributed by atoms with van der Waals surface area (Å²) in [5, 5.41) is 37.7. The standard InChI is InChI=1S/2C9H8O3.2C7H7NO.Cu/c2*10-8-4-1-7(2-5-8)3-6-9(11)12;2*1-6(9)7-2-4-8-5-3-7;/h2*1-6,10H,(H,11,12);2*2-5H,1H3;/q;;;;+2/p-2/b2*6-3+;;;. The predicted molar refractivity (Wildman–Crippen MR) is 153 cm³/mol. The first-order valence-corrected chi connectivity index (χ1v) is 12.2. The molecule has 4 aromatic rings. The number of carboxylic acids is 2. The Hall–Kier alpha value is -5.38. The molecule has 0 aliphatic rings. The molecule has 0 saturated heterocycles. The smallest absolute Gasteiger partial charge is 0.545 e. The number of aromatic nitrogens is 2. The second-order valence-corrected chi connectivity index (χ2v) is 8.07. The van der Waals surface area contributed by atoms with Crippen LogP contribution in [-0.2, 0) is 26.7 Å². The number of benzene rings is 2. The molecule has 0 aliphatic heterocycles. The molecule has 0 amide bonds. The van der Waals surface area contributed by atoms with Gasteiger partial charge in [0.25, 0.3) is 0 Å². The van der Waals surface area contributed by atoms with Crippen molar-refractivity contribution in [2.75, 3.05) is 0 Å². The van der Waals surface area contributed by atoms with Crippen LogP contribution in [0.2, 0.25) is 0 Å². The summed E-state index contributed by atoms with van der Waals surface area (Å²) in [5.41, 5.74) is 2.84. The molecular weight excluding hydrogens is 604 g/mol. The molecular formula is C32H28CuN2O8. The molecule has 43 heavy (non-hydrogen) atoms. The summed E-state index contributed by atoms with van der Waals surface area (Å²) in [6, 6.07) is 19.1. The van der Waals surface area contributed by atoms with Crippen molar-refractivity contribution < 1.29 is 56.7 Å².